The van der Waals surface area contributed by atoms with Gasteiger partial charge in [-0.15, -0.1) is 11.3 Å². The van der Waals surface area contributed by atoms with Crippen LogP contribution in [-0.2, 0) is 0 Å². The van der Waals surface area contributed by atoms with Crippen molar-refractivity contribution in [3.05, 3.63) is 248 Å². The molecule has 8 heteroatoms. The highest BCUT2D eigenvalue weighted by atomic mass is 32.1. The van der Waals surface area contributed by atoms with Crippen molar-refractivity contribution in [2.24, 2.45) is 0 Å². The Balaban J connectivity index is 0.961. The molecule has 76 heavy (non-hydrogen) atoms. The fourth-order valence-electron chi connectivity index (χ4n) is 12.2. The molecule has 16 aromatic rings. The molecule has 0 amide bonds. The van der Waals surface area contributed by atoms with Crippen molar-refractivity contribution in [2.45, 2.75) is 0 Å². The maximum Gasteiger partial charge on any atom is 0.212 e. The maximum atomic E-state index is 11.5. The molecule has 0 aliphatic heterocycles. The summed E-state index contributed by atoms with van der Waals surface area (Å²) < 4.78 is 15.9. The first-order chi connectivity index (χ1) is 37.6. The summed E-state index contributed by atoms with van der Waals surface area (Å²) in [7, 11) is 0. The van der Waals surface area contributed by atoms with Gasteiger partial charge in [0.25, 0.3) is 0 Å². The van der Waals surface area contributed by atoms with Crippen LogP contribution in [-0.4, -0.2) is 13.7 Å². The van der Waals surface area contributed by atoms with Crippen molar-refractivity contribution in [3.63, 3.8) is 0 Å². The molecule has 0 fully saturated rings. The second-order valence-electron chi connectivity index (χ2n) is 19.4. The second kappa shape index (κ2) is 16.1. The van der Waals surface area contributed by atoms with Crippen molar-refractivity contribution in [2.75, 3.05) is 4.90 Å². The van der Waals surface area contributed by atoms with E-state index in [0.717, 1.165) is 104 Å². The Hall–Kier alpha value is -10.4. The Morgan fingerprint density at radius 2 is 1.03 bits per heavy atom. The highest BCUT2D eigenvalue weighted by Crippen LogP contribution is 2.47. The van der Waals surface area contributed by atoms with E-state index in [1.54, 1.807) is 11.3 Å². The number of anilines is 3. The van der Waals surface area contributed by atoms with Gasteiger partial charge < -0.3 is 23.0 Å². The minimum Gasteiger partial charge on any atom is -0.455 e. The van der Waals surface area contributed by atoms with Gasteiger partial charge >= 0.3 is 0 Å². The first-order valence-electron chi connectivity index (χ1n) is 25.2. The minimum atomic E-state index is 0.422. The second-order valence-corrected chi connectivity index (χ2v) is 20.5. The van der Waals surface area contributed by atoms with E-state index < -0.39 is 0 Å². The predicted molar refractivity (Wildman–Crippen MR) is 315 cm³/mol. The van der Waals surface area contributed by atoms with Gasteiger partial charge in [0, 0.05) is 80.6 Å². The summed E-state index contributed by atoms with van der Waals surface area (Å²) in [6, 6.07) is 83.3. The van der Waals surface area contributed by atoms with Crippen molar-refractivity contribution >= 4 is 142 Å². The maximum absolute atomic E-state index is 11.5. The third-order valence-corrected chi connectivity index (χ3v) is 16.6. The molecule has 0 atom stereocenters. The van der Waals surface area contributed by atoms with Crippen molar-refractivity contribution in [1.29, 1.82) is 5.26 Å². The van der Waals surface area contributed by atoms with E-state index >= 15 is 0 Å². The molecule has 0 N–H and O–H groups in total. The normalized spacial score (nSPS) is 11.9. The lowest BCUT2D eigenvalue weighted by atomic mass is 10.1. The number of nitriles is 1. The lowest BCUT2D eigenvalue weighted by molar-refractivity contribution is 0.673. The van der Waals surface area contributed by atoms with Crippen LogP contribution in [0.1, 0.15) is 5.56 Å². The zero-order chi connectivity index (χ0) is 50.2. The van der Waals surface area contributed by atoms with Gasteiger partial charge in [0.1, 0.15) is 17.2 Å². The highest BCUT2D eigenvalue weighted by Gasteiger charge is 2.26. The van der Waals surface area contributed by atoms with Crippen LogP contribution in [0.2, 0.25) is 0 Å². The van der Waals surface area contributed by atoms with Crippen molar-refractivity contribution in [3.8, 4) is 23.1 Å². The molecule has 5 aromatic heterocycles. The molecule has 352 valence electrons. The Morgan fingerprint density at radius 3 is 1.76 bits per heavy atom. The molecule has 0 saturated heterocycles. The topological polar surface area (TPSA) is 59.3 Å². The highest BCUT2D eigenvalue weighted by molar-refractivity contribution is 7.25. The standard InChI is InChI=1S/C68H38N6OS/c1-70-55-38-61(73-59-32-29-45(72-56-24-12-8-20-46(56)47-21-9-13-25-57(47)72)36-54(59)67-60(73)33-30-50-48-22-10-14-26-64(48)75-68(50)67)41(40-69)34-63(55)74-58-31-28-44(71(42-16-4-2-5-17-42)43-18-6-3-7-19-43)35-51(58)52-37-53-49-23-11-15-27-65(49)76-66(53)39-62(52)74/h2-39H. The number of thiophene rings is 1. The Kier molecular flexibility index (Phi) is 8.91. The number of hydrogen-bond donors (Lipinski definition) is 0. The summed E-state index contributed by atoms with van der Waals surface area (Å²) in [5.74, 6) is 0. The number of benzene rings is 11. The van der Waals surface area contributed by atoms with Crippen LogP contribution >= 0.6 is 11.3 Å². The minimum absolute atomic E-state index is 0.422. The zero-order valence-corrected chi connectivity index (χ0v) is 41.3. The van der Waals surface area contributed by atoms with Crippen LogP contribution in [0.25, 0.3) is 129 Å². The monoisotopic (exact) mass is 986 g/mol. The van der Waals surface area contributed by atoms with Gasteiger partial charge in [0.2, 0.25) is 5.69 Å². The van der Waals surface area contributed by atoms with E-state index in [-0.39, 0.29) is 0 Å². The number of aromatic nitrogens is 3. The molecule has 7 nitrogen and oxygen atoms in total. The van der Waals surface area contributed by atoms with Crippen molar-refractivity contribution < 1.29 is 4.42 Å². The van der Waals surface area contributed by atoms with Gasteiger partial charge in [-0.3, -0.25) is 0 Å². The van der Waals surface area contributed by atoms with Crippen LogP contribution in [0, 0.1) is 17.9 Å². The molecule has 0 aliphatic carbocycles. The largest absolute Gasteiger partial charge is 0.455 e. The molecule has 0 saturated carbocycles. The Labute approximate surface area is 438 Å². The fourth-order valence-corrected chi connectivity index (χ4v) is 13.3. The third-order valence-electron chi connectivity index (χ3n) is 15.4. The quantitative estimate of drug-likeness (QED) is 0.156. The van der Waals surface area contributed by atoms with Crippen LogP contribution in [0.15, 0.2) is 235 Å². The summed E-state index contributed by atoms with van der Waals surface area (Å²) in [6.07, 6.45) is 0. The van der Waals surface area contributed by atoms with Crippen molar-refractivity contribution in [1.82, 2.24) is 13.7 Å². The smallest absolute Gasteiger partial charge is 0.212 e. The molecule has 0 unspecified atom stereocenters. The lowest BCUT2D eigenvalue weighted by Crippen LogP contribution is -2.09. The van der Waals surface area contributed by atoms with E-state index in [0.29, 0.717) is 22.6 Å². The summed E-state index contributed by atoms with van der Waals surface area (Å²) in [5.41, 5.74) is 13.7. The summed E-state index contributed by atoms with van der Waals surface area (Å²) in [5, 5.41) is 22.3. The Morgan fingerprint density at radius 1 is 0.421 bits per heavy atom. The third kappa shape index (κ3) is 5.96. The number of rotatable bonds is 6. The van der Waals surface area contributed by atoms with E-state index in [1.807, 2.05) is 42.5 Å². The Bertz CT molecular complexity index is 5120. The summed E-state index contributed by atoms with van der Waals surface area (Å²) in [6.45, 7) is 8.97. The molecule has 5 heterocycles. The SMILES string of the molecule is [C-]#[N+]c1cc(-n2c3ccc(-n4c5ccccc5c5ccccc54)cc3c3c4oc5ccccc5c4ccc32)c(C#N)cc1-n1c2ccc(N(c3ccccc3)c3ccccc3)cc2c2cc3c(cc21)sc1ccccc13. The van der Waals surface area contributed by atoms with Gasteiger partial charge in [-0.2, -0.15) is 5.26 Å². The van der Waals surface area contributed by atoms with E-state index in [4.69, 9.17) is 11.0 Å². The number of fused-ring (bicyclic) bond motifs is 16. The molecule has 11 aromatic carbocycles. The summed E-state index contributed by atoms with van der Waals surface area (Å²) in [4.78, 5) is 6.61. The first-order valence-corrected chi connectivity index (χ1v) is 26.1. The van der Waals surface area contributed by atoms with E-state index in [1.165, 1.54) is 26.2 Å². The molecule has 0 spiro atoms. The molecule has 0 radical (unpaired) electrons. The lowest BCUT2D eigenvalue weighted by Gasteiger charge is -2.25. The van der Waals surface area contributed by atoms with Gasteiger partial charge in [-0.1, -0.05) is 109 Å². The van der Waals surface area contributed by atoms with Gasteiger partial charge in [0.15, 0.2) is 0 Å². The number of nitrogens with zero attached hydrogens (tertiary/aromatic N) is 6. The van der Waals surface area contributed by atoms with Crippen LogP contribution in [0.3, 0.4) is 0 Å². The number of furan rings is 1. The number of para-hydroxylation sites is 5. The zero-order valence-electron chi connectivity index (χ0n) is 40.4. The predicted octanol–water partition coefficient (Wildman–Crippen LogP) is 19.1. The molecule has 0 bridgehead atoms. The number of hydrogen-bond acceptors (Lipinski definition) is 4. The molecular formula is C68H38N6OS. The van der Waals surface area contributed by atoms with E-state index in [9.17, 15) is 5.26 Å². The first kappa shape index (κ1) is 42.2. The average molecular weight is 987 g/mol. The van der Waals surface area contributed by atoms with Crippen LogP contribution < -0.4 is 4.90 Å². The van der Waals surface area contributed by atoms with Crippen LogP contribution in [0.5, 0.6) is 0 Å². The van der Waals surface area contributed by atoms with E-state index in [2.05, 4.69) is 218 Å². The molecular weight excluding hydrogens is 949 g/mol. The molecule has 16 rings (SSSR count). The fraction of sp³-hybridized carbons (Fsp3) is 0. The average Bonchev–Trinajstić information content (AvgIpc) is 4.29. The van der Waals surface area contributed by atoms with Crippen LogP contribution in [0.4, 0.5) is 22.7 Å². The summed E-state index contributed by atoms with van der Waals surface area (Å²) >= 11 is 1.77. The van der Waals surface area contributed by atoms with Gasteiger partial charge in [-0.25, -0.2) is 4.85 Å². The van der Waals surface area contributed by atoms with Gasteiger partial charge in [-0.05, 0) is 121 Å². The van der Waals surface area contributed by atoms with Gasteiger partial charge in [0.05, 0.1) is 62.0 Å². The molecule has 0 aliphatic rings.